The standard InChI is InChI=1S/C18H22N6/c1-22-10-8-15-17(22)20-13-21-18(15)24-11-6-14(7-12-24)23(2)16-5-3-4-9-19-16/h3-5,8-10,13-14H,6-7,11-12H2,1-2H3. The minimum atomic E-state index is 0.518. The summed E-state index contributed by atoms with van der Waals surface area (Å²) in [5.74, 6) is 2.10. The van der Waals surface area contributed by atoms with Crippen molar-refractivity contribution in [1.29, 1.82) is 0 Å². The molecule has 24 heavy (non-hydrogen) atoms. The summed E-state index contributed by atoms with van der Waals surface area (Å²) in [4.78, 5) is 18.1. The van der Waals surface area contributed by atoms with Crippen molar-refractivity contribution in [2.75, 3.05) is 29.9 Å². The first-order valence-corrected chi connectivity index (χ1v) is 8.39. The van der Waals surface area contributed by atoms with E-state index in [9.17, 15) is 0 Å². The molecule has 124 valence electrons. The summed E-state index contributed by atoms with van der Waals surface area (Å²) in [5.41, 5.74) is 0.993. The van der Waals surface area contributed by atoms with Gasteiger partial charge in [-0.15, -0.1) is 0 Å². The van der Waals surface area contributed by atoms with Gasteiger partial charge in [-0.2, -0.15) is 0 Å². The maximum Gasteiger partial charge on any atom is 0.145 e. The second kappa shape index (κ2) is 6.11. The number of pyridine rings is 1. The van der Waals surface area contributed by atoms with E-state index in [2.05, 4.69) is 43.9 Å². The molecule has 1 aliphatic rings. The van der Waals surface area contributed by atoms with E-state index in [1.165, 1.54) is 0 Å². The molecule has 0 spiro atoms. The van der Waals surface area contributed by atoms with Gasteiger partial charge in [0.1, 0.15) is 23.6 Å². The molecule has 0 amide bonds. The SMILES string of the molecule is CN(c1ccccn1)C1CCN(c2ncnc3c2ccn3C)CC1. The molecule has 0 aromatic carbocycles. The molecule has 0 aliphatic carbocycles. The lowest BCUT2D eigenvalue weighted by atomic mass is 10.0. The molecule has 1 aliphatic heterocycles. The topological polar surface area (TPSA) is 50.1 Å². The van der Waals surface area contributed by atoms with Crippen LogP contribution in [-0.4, -0.2) is 45.7 Å². The van der Waals surface area contributed by atoms with Crippen molar-refractivity contribution in [2.24, 2.45) is 7.05 Å². The van der Waals surface area contributed by atoms with Crippen LogP contribution < -0.4 is 9.80 Å². The maximum atomic E-state index is 4.55. The van der Waals surface area contributed by atoms with Gasteiger partial charge in [-0.25, -0.2) is 15.0 Å². The monoisotopic (exact) mass is 322 g/mol. The number of nitrogens with zero attached hydrogens (tertiary/aromatic N) is 6. The van der Waals surface area contributed by atoms with Gasteiger partial charge in [-0.3, -0.25) is 0 Å². The van der Waals surface area contributed by atoms with Crippen LogP contribution in [0.5, 0.6) is 0 Å². The molecule has 3 aromatic rings. The molecule has 0 unspecified atom stereocenters. The molecule has 6 nitrogen and oxygen atoms in total. The highest BCUT2D eigenvalue weighted by atomic mass is 15.2. The Bertz CT molecular complexity index is 820. The second-order valence-corrected chi connectivity index (χ2v) is 6.38. The third-order valence-electron chi connectivity index (χ3n) is 4.96. The molecule has 4 heterocycles. The molecule has 0 bridgehead atoms. The number of aromatic nitrogens is 4. The number of hydrogen-bond donors (Lipinski definition) is 0. The molecule has 0 atom stereocenters. The highest BCUT2D eigenvalue weighted by molar-refractivity contribution is 5.87. The van der Waals surface area contributed by atoms with Crippen LogP contribution >= 0.6 is 0 Å². The highest BCUT2D eigenvalue weighted by Gasteiger charge is 2.25. The van der Waals surface area contributed by atoms with Crippen LogP contribution in [0.3, 0.4) is 0 Å². The van der Waals surface area contributed by atoms with Gasteiger partial charge in [0.15, 0.2) is 0 Å². The van der Waals surface area contributed by atoms with E-state index in [4.69, 9.17) is 0 Å². The normalized spacial score (nSPS) is 15.8. The van der Waals surface area contributed by atoms with Crippen molar-refractivity contribution in [3.63, 3.8) is 0 Å². The lowest BCUT2D eigenvalue weighted by Crippen LogP contribution is -2.44. The lowest BCUT2D eigenvalue weighted by Gasteiger charge is -2.37. The fourth-order valence-electron chi connectivity index (χ4n) is 3.53. The fraction of sp³-hybridized carbons (Fsp3) is 0.389. The van der Waals surface area contributed by atoms with Crippen molar-refractivity contribution in [3.8, 4) is 0 Å². The maximum absolute atomic E-state index is 4.55. The Hall–Kier alpha value is -2.63. The van der Waals surface area contributed by atoms with Crippen molar-refractivity contribution >= 4 is 22.7 Å². The summed E-state index contributed by atoms with van der Waals surface area (Å²) in [6, 6.07) is 8.70. The Kier molecular flexibility index (Phi) is 3.80. The smallest absolute Gasteiger partial charge is 0.145 e. The predicted molar refractivity (Wildman–Crippen MR) is 96.4 cm³/mol. The summed E-state index contributed by atoms with van der Waals surface area (Å²) >= 11 is 0. The molecule has 1 saturated heterocycles. The van der Waals surface area contributed by atoms with E-state index in [1.807, 2.05) is 36.1 Å². The fourth-order valence-corrected chi connectivity index (χ4v) is 3.53. The van der Waals surface area contributed by atoms with Crippen molar-refractivity contribution in [2.45, 2.75) is 18.9 Å². The number of aryl methyl sites for hydroxylation is 1. The highest BCUT2D eigenvalue weighted by Crippen LogP contribution is 2.27. The van der Waals surface area contributed by atoms with Gasteiger partial charge in [0.2, 0.25) is 0 Å². The van der Waals surface area contributed by atoms with Crippen LogP contribution in [0, 0.1) is 0 Å². The van der Waals surface area contributed by atoms with E-state index in [0.717, 1.165) is 48.6 Å². The van der Waals surface area contributed by atoms with Crippen LogP contribution in [0.25, 0.3) is 11.0 Å². The molecule has 1 fully saturated rings. The summed E-state index contributed by atoms with van der Waals surface area (Å²) in [5, 5.41) is 1.14. The second-order valence-electron chi connectivity index (χ2n) is 6.38. The lowest BCUT2D eigenvalue weighted by molar-refractivity contribution is 0.478. The summed E-state index contributed by atoms with van der Waals surface area (Å²) < 4.78 is 2.04. The first kappa shape index (κ1) is 14.9. The van der Waals surface area contributed by atoms with Crippen molar-refractivity contribution < 1.29 is 0 Å². The number of anilines is 2. The third kappa shape index (κ3) is 2.58. The quantitative estimate of drug-likeness (QED) is 0.741. The van der Waals surface area contributed by atoms with Crippen molar-refractivity contribution in [3.05, 3.63) is 43.0 Å². The molecular weight excluding hydrogens is 300 g/mol. The molecule has 4 rings (SSSR count). The van der Waals surface area contributed by atoms with Gasteiger partial charge in [0.25, 0.3) is 0 Å². The van der Waals surface area contributed by atoms with Crippen LogP contribution in [0.1, 0.15) is 12.8 Å². The average Bonchev–Trinajstić information content (AvgIpc) is 3.03. The van der Waals surface area contributed by atoms with Gasteiger partial charge >= 0.3 is 0 Å². The summed E-state index contributed by atoms with van der Waals surface area (Å²) in [6.07, 6.45) is 7.78. The Morgan fingerprint density at radius 2 is 1.92 bits per heavy atom. The molecule has 3 aromatic heterocycles. The molecular formula is C18H22N6. The molecule has 0 N–H and O–H groups in total. The Morgan fingerprint density at radius 1 is 1.08 bits per heavy atom. The van der Waals surface area contributed by atoms with E-state index in [0.29, 0.717) is 6.04 Å². The molecule has 0 radical (unpaired) electrons. The number of hydrogen-bond acceptors (Lipinski definition) is 5. The first-order chi connectivity index (χ1) is 11.7. The summed E-state index contributed by atoms with van der Waals surface area (Å²) in [6.45, 7) is 2.01. The largest absolute Gasteiger partial charge is 0.357 e. The number of rotatable bonds is 3. The van der Waals surface area contributed by atoms with Crippen LogP contribution in [0.15, 0.2) is 43.0 Å². The van der Waals surface area contributed by atoms with Gasteiger partial charge in [-0.05, 0) is 31.0 Å². The Balaban J connectivity index is 1.50. The first-order valence-electron chi connectivity index (χ1n) is 8.39. The summed E-state index contributed by atoms with van der Waals surface area (Å²) in [7, 11) is 4.16. The minimum Gasteiger partial charge on any atom is -0.357 e. The van der Waals surface area contributed by atoms with E-state index in [-0.39, 0.29) is 0 Å². The number of fused-ring (bicyclic) bond motifs is 1. The predicted octanol–water partition coefficient (Wildman–Crippen LogP) is 2.47. The van der Waals surface area contributed by atoms with Crippen LogP contribution in [0.2, 0.25) is 0 Å². The van der Waals surface area contributed by atoms with E-state index < -0.39 is 0 Å². The third-order valence-corrected chi connectivity index (χ3v) is 4.96. The Morgan fingerprint density at radius 3 is 2.67 bits per heavy atom. The molecule has 0 saturated carbocycles. The van der Waals surface area contributed by atoms with Gasteiger partial charge in [-0.1, -0.05) is 6.07 Å². The minimum absolute atomic E-state index is 0.518. The van der Waals surface area contributed by atoms with Gasteiger partial charge in [0.05, 0.1) is 5.39 Å². The zero-order valence-corrected chi connectivity index (χ0v) is 14.1. The molecule has 6 heteroatoms. The van der Waals surface area contributed by atoms with Crippen molar-refractivity contribution in [1.82, 2.24) is 19.5 Å². The average molecular weight is 322 g/mol. The zero-order valence-electron chi connectivity index (χ0n) is 14.1. The van der Waals surface area contributed by atoms with Gasteiger partial charge < -0.3 is 14.4 Å². The Labute approximate surface area is 141 Å². The van der Waals surface area contributed by atoms with Crippen LogP contribution in [-0.2, 0) is 7.05 Å². The van der Waals surface area contributed by atoms with E-state index in [1.54, 1.807) is 6.33 Å². The zero-order chi connectivity index (χ0) is 16.5. The van der Waals surface area contributed by atoms with Crippen LogP contribution in [0.4, 0.5) is 11.6 Å². The number of piperidine rings is 1. The van der Waals surface area contributed by atoms with E-state index >= 15 is 0 Å². The van der Waals surface area contributed by atoms with Gasteiger partial charge in [0, 0.05) is 45.6 Å².